The van der Waals surface area contributed by atoms with Crippen LogP contribution in [-0.4, -0.2) is 29.3 Å². The summed E-state index contributed by atoms with van der Waals surface area (Å²) < 4.78 is 0. The molecule has 1 fully saturated rings. The maximum atomic E-state index is 13.1. The number of anilines is 1. The molecule has 2 amide bonds. The van der Waals surface area contributed by atoms with Gasteiger partial charge in [0.2, 0.25) is 5.91 Å². The van der Waals surface area contributed by atoms with Crippen LogP contribution >= 0.6 is 11.6 Å². The number of carbonyl (C=O) groups is 2. The molecule has 5 heteroatoms. The first-order valence-electron chi connectivity index (χ1n) is 8.11. The smallest absolute Gasteiger partial charge is 0.256 e. The van der Waals surface area contributed by atoms with E-state index in [1.54, 1.807) is 28.0 Å². The van der Waals surface area contributed by atoms with Crippen molar-refractivity contribution in [2.45, 2.75) is 25.4 Å². The summed E-state index contributed by atoms with van der Waals surface area (Å²) in [6.45, 7) is 1.07. The van der Waals surface area contributed by atoms with Crippen molar-refractivity contribution < 1.29 is 9.59 Å². The summed E-state index contributed by atoms with van der Waals surface area (Å²) in [6, 6.07) is 14.6. The van der Waals surface area contributed by atoms with Crippen LogP contribution in [0.25, 0.3) is 0 Å². The minimum absolute atomic E-state index is 0.0225. The summed E-state index contributed by atoms with van der Waals surface area (Å²) in [4.78, 5) is 29.4. The summed E-state index contributed by atoms with van der Waals surface area (Å²) in [6.07, 6.45) is 1.59. The minimum Gasteiger partial charge on any atom is -0.327 e. The van der Waals surface area contributed by atoms with Gasteiger partial charge in [-0.1, -0.05) is 41.9 Å². The summed E-state index contributed by atoms with van der Waals surface area (Å²) in [5, 5.41) is 0.523. The van der Waals surface area contributed by atoms with Gasteiger partial charge in [-0.15, -0.1) is 0 Å². The first-order chi connectivity index (χ1) is 11.6. The Bertz CT molecular complexity index is 806. The summed E-state index contributed by atoms with van der Waals surface area (Å²) >= 11 is 6.15. The van der Waals surface area contributed by atoms with Gasteiger partial charge in [0.25, 0.3) is 5.91 Å². The number of carbonyl (C=O) groups excluding carboxylic acids is 2. The highest BCUT2D eigenvalue weighted by molar-refractivity contribution is 6.31. The minimum atomic E-state index is -0.368. The first-order valence-corrected chi connectivity index (χ1v) is 8.49. The Morgan fingerprint density at radius 1 is 1.08 bits per heavy atom. The standard InChI is InChI=1S/C19H17ClN2O2/c20-14-8-9-15-17(11-14)22(12-13-5-2-1-3-6-13)19(24)16-7-4-10-21(16)18(15)23/h1-3,5-6,8-9,11,16H,4,7,10,12H2/t16-/m0/s1. The third kappa shape index (κ3) is 2.47. The van der Waals surface area contributed by atoms with Crippen molar-refractivity contribution in [1.82, 2.24) is 4.90 Å². The van der Waals surface area contributed by atoms with E-state index < -0.39 is 0 Å². The van der Waals surface area contributed by atoms with E-state index in [2.05, 4.69) is 0 Å². The zero-order chi connectivity index (χ0) is 16.7. The highest BCUT2D eigenvalue weighted by Crippen LogP contribution is 2.34. The SMILES string of the molecule is O=C1[C@@H]2CCCN2C(=O)c2ccc(Cl)cc2N1Cc1ccccc1. The molecule has 2 aromatic rings. The lowest BCUT2D eigenvalue weighted by atomic mass is 10.1. The van der Waals surface area contributed by atoms with E-state index >= 15 is 0 Å². The normalized spacial score (nSPS) is 20.0. The molecule has 0 bridgehead atoms. The lowest BCUT2D eigenvalue weighted by molar-refractivity contribution is -0.122. The Morgan fingerprint density at radius 3 is 2.67 bits per heavy atom. The van der Waals surface area contributed by atoms with Crippen LogP contribution in [0, 0.1) is 0 Å². The fraction of sp³-hybridized carbons (Fsp3) is 0.263. The van der Waals surface area contributed by atoms with E-state index in [-0.39, 0.29) is 17.9 Å². The molecule has 0 aromatic heterocycles. The van der Waals surface area contributed by atoms with Crippen molar-refractivity contribution in [1.29, 1.82) is 0 Å². The Balaban J connectivity index is 1.83. The molecule has 2 aliphatic rings. The molecule has 4 nitrogen and oxygen atoms in total. The Hall–Kier alpha value is -2.33. The second-order valence-corrected chi connectivity index (χ2v) is 6.66. The first kappa shape index (κ1) is 15.2. The van der Waals surface area contributed by atoms with E-state index in [1.807, 2.05) is 30.3 Å². The zero-order valence-electron chi connectivity index (χ0n) is 13.1. The molecular weight excluding hydrogens is 324 g/mol. The fourth-order valence-electron chi connectivity index (χ4n) is 3.56. The van der Waals surface area contributed by atoms with E-state index in [4.69, 9.17) is 11.6 Å². The third-order valence-electron chi connectivity index (χ3n) is 4.73. The van der Waals surface area contributed by atoms with Crippen LogP contribution in [0.1, 0.15) is 28.8 Å². The van der Waals surface area contributed by atoms with Crippen molar-refractivity contribution in [3.63, 3.8) is 0 Å². The van der Waals surface area contributed by atoms with Gasteiger partial charge < -0.3 is 9.80 Å². The highest BCUT2D eigenvalue weighted by atomic mass is 35.5. The maximum Gasteiger partial charge on any atom is 0.256 e. The topological polar surface area (TPSA) is 40.6 Å². The largest absolute Gasteiger partial charge is 0.327 e. The van der Waals surface area contributed by atoms with Gasteiger partial charge in [-0.05, 0) is 36.6 Å². The lowest BCUT2D eigenvalue weighted by Crippen LogP contribution is -2.44. The number of hydrogen-bond acceptors (Lipinski definition) is 2. The molecule has 0 unspecified atom stereocenters. The number of fused-ring (bicyclic) bond motifs is 2. The van der Waals surface area contributed by atoms with Crippen molar-refractivity contribution >= 4 is 29.1 Å². The van der Waals surface area contributed by atoms with Crippen molar-refractivity contribution in [2.24, 2.45) is 0 Å². The molecule has 0 N–H and O–H groups in total. The Kier molecular flexibility index (Phi) is 3.77. The molecule has 0 saturated carbocycles. The summed E-state index contributed by atoms with van der Waals surface area (Å²) in [5.41, 5.74) is 2.18. The van der Waals surface area contributed by atoms with E-state index in [0.717, 1.165) is 18.4 Å². The zero-order valence-corrected chi connectivity index (χ0v) is 13.9. The van der Waals surface area contributed by atoms with Crippen LogP contribution in [0.4, 0.5) is 5.69 Å². The van der Waals surface area contributed by atoms with Crippen molar-refractivity contribution in [2.75, 3.05) is 11.4 Å². The van der Waals surface area contributed by atoms with Gasteiger partial charge in [-0.25, -0.2) is 0 Å². The fourth-order valence-corrected chi connectivity index (χ4v) is 3.72. The molecule has 0 spiro atoms. The molecule has 2 heterocycles. The van der Waals surface area contributed by atoms with Gasteiger partial charge in [0.05, 0.1) is 17.8 Å². The number of benzene rings is 2. The van der Waals surface area contributed by atoms with Gasteiger partial charge in [-0.3, -0.25) is 9.59 Å². The molecular formula is C19H17ClN2O2. The van der Waals surface area contributed by atoms with Crippen molar-refractivity contribution in [3.8, 4) is 0 Å². The molecule has 0 radical (unpaired) electrons. The number of nitrogens with zero attached hydrogens (tertiary/aromatic N) is 2. The van der Waals surface area contributed by atoms with Crippen LogP contribution in [-0.2, 0) is 11.3 Å². The number of rotatable bonds is 2. The van der Waals surface area contributed by atoms with Gasteiger partial charge in [-0.2, -0.15) is 0 Å². The molecule has 4 rings (SSSR count). The quantitative estimate of drug-likeness (QED) is 0.839. The average molecular weight is 341 g/mol. The van der Waals surface area contributed by atoms with Crippen LogP contribution < -0.4 is 4.90 Å². The average Bonchev–Trinajstić information content (AvgIpc) is 3.06. The Morgan fingerprint density at radius 2 is 1.88 bits per heavy atom. The van der Waals surface area contributed by atoms with Crippen molar-refractivity contribution in [3.05, 3.63) is 64.7 Å². The monoisotopic (exact) mass is 340 g/mol. The van der Waals surface area contributed by atoms with Crippen LogP contribution in [0.5, 0.6) is 0 Å². The third-order valence-corrected chi connectivity index (χ3v) is 4.96. The van der Waals surface area contributed by atoms with E-state index in [9.17, 15) is 9.59 Å². The van der Waals surface area contributed by atoms with Crippen LogP contribution in [0.2, 0.25) is 5.02 Å². The highest BCUT2D eigenvalue weighted by Gasteiger charge is 2.41. The van der Waals surface area contributed by atoms with Gasteiger partial charge in [0.1, 0.15) is 6.04 Å². The maximum absolute atomic E-state index is 13.1. The number of amides is 2. The molecule has 2 aliphatic heterocycles. The lowest BCUT2D eigenvalue weighted by Gasteiger charge is -2.26. The summed E-state index contributed by atoms with van der Waals surface area (Å²) in [5.74, 6) is -0.0983. The number of hydrogen-bond donors (Lipinski definition) is 0. The van der Waals surface area contributed by atoms with E-state index in [0.29, 0.717) is 29.4 Å². The van der Waals surface area contributed by atoms with Gasteiger partial charge in [0.15, 0.2) is 0 Å². The molecule has 2 aromatic carbocycles. The second kappa shape index (κ2) is 5.95. The van der Waals surface area contributed by atoms with Crippen LogP contribution in [0.15, 0.2) is 48.5 Å². The van der Waals surface area contributed by atoms with Gasteiger partial charge in [0, 0.05) is 11.6 Å². The van der Waals surface area contributed by atoms with E-state index in [1.165, 1.54) is 0 Å². The Labute approximate surface area is 145 Å². The molecule has 24 heavy (non-hydrogen) atoms. The second-order valence-electron chi connectivity index (χ2n) is 6.23. The van der Waals surface area contributed by atoms with Crippen LogP contribution in [0.3, 0.4) is 0 Å². The molecule has 0 aliphatic carbocycles. The predicted molar refractivity (Wildman–Crippen MR) is 93.1 cm³/mol. The predicted octanol–water partition coefficient (Wildman–Crippen LogP) is 3.49. The molecule has 1 atom stereocenters. The summed E-state index contributed by atoms with van der Waals surface area (Å²) in [7, 11) is 0. The van der Waals surface area contributed by atoms with Gasteiger partial charge >= 0.3 is 0 Å². The molecule has 122 valence electrons. The number of halogens is 1. The molecule has 1 saturated heterocycles.